The first-order valence-electron chi connectivity index (χ1n) is 7.60. The molecule has 2 aromatic rings. The second-order valence-corrected chi connectivity index (χ2v) is 5.21. The molecule has 126 valence electrons. The number of nitrogens with one attached hydrogen (secondary N) is 2. The van der Waals surface area contributed by atoms with Crippen molar-refractivity contribution in [2.75, 3.05) is 0 Å². The summed E-state index contributed by atoms with van der Waals surface area (Å²) in [6.45, 7) is 1.47. The van der Waals surface area contributed by atoms with Gasteiger partial charge in [-0.1, -0.05) is 42.5 Å². The summed E-state index contributed by atoms with van der Waals surface area (Å²) < 4.78 is 18.7. The Labute approximate surface area is 139 Å². The number of para-hydroxylation sites is 1. The second kappa shape index (κ2) is 8.67. The molecule has 0 aliphatic heterocycles. The van der Waals surface area contributed by atoms with E-state index in [9.17, 15) is 14.0 Å². The van der Waals surface area contributed by atoms with Gasteiger partial charge >= 0.3 is 0 Å². The van der Waals surface area contributed by atoms with Crippen molar-refractivity contribution in [1.82, 2.24) is 10.9 Å². The van der Waals surface area contributed by atoms with E-state index >= 15 is 0 Å². The molecule has 5 nitrogen and oxygen atoms in total. The third kappa shape index (κ3) is 5.39. The van der Waals surface area contributed by atoms with Crippen molar-refractivity contribution in [3.8, 4) is 5.75 Å². The molecule has 0 spiro atoms. The average molecular weight is 330 g/mol. The summed E-state index contributed by atoms with van der Waals surface area (Å²) in [4.78, 5) is 23.6. The molecule has 0 saturated heterocycles. The molecule has 6 heteroatoms. The number of hydrazine groups is 1. The van der Waals surface area contributed by atoms with E-state index in [-0.39, 0.29) is 18.1 Å². The SMILES string of the molecule is C[C@@H](Oc1ccccc1F)C(=O)NNC(=O)CCc1ccccc1. The zero-order valence-electron chi connectivity index (χ0n) is 13.3. The van der Waals surface area contributed by atoms with Crippen LogP contribution in [0.25, 0.3) is 0 Å². The van der Waals surface area contributed by atoms with Crippen molar-refractivity contribution < 1.29 is 18.7 Å². The van der Waals surface area contributed by atoms with Gasteiger partial charge in [0, 0.05) is 6.42 Å². The molecule has 0 fully saturated rings. The summed E-state index contributed by atoms with van der Waals surface area (Å²) in [5, 5.41) is 0. The number of carbonyl (C=O) groups excluding carboxylic acids is 2. The summed E-state index contributed by atoms with van der Waals surface area (Å²) in [5.41, 5.74) is 5.63. The van der Waals surface area contributed by atoms with E-state index in [2.05, 4.69) is 10.9 Å². The van der Waals surface area contributed by atoms with E-state index in [0.717, 1.165) is 5.56 Å². The first-order chi connectivity index (χ1) is 11.6. The quantitative estimate of drug-likeness (QED) is 0.799. The number of rotatable bonds is 6. The van der Waals surface area contributed by atoms with Gasteiger partial charge < -0.3 is 4.74 Å². The second-order valence-electron chi connectivity index (χ2n) is 5.21. The fraction of sp³-hybridized carbons (Fsp3) is 0.222. The smallest absolute Gasteiger partial charge is 0.279 e. The van der Waals surface area contributed by atoms with Gasteiger partial charge in [-0.25, -0.2) is 4.39 Å². The lowest BCUT2D eigenvalue weighted by Gasteiger charge is -2.15. The van der Waals surface area contributed by atoms with Gasteiger partial charge in [-0.15, -0.1) is 0 Å². The summed E-state index contributed by atoms with van der Waals surface area (Å²) >= 11 is 0. The molecule has 0 bridgehead atoms. The maximum atomic E-state index is 13.5. The van der Waals surface area contributed by atoms with Crippen molar-refractivity contribution in [2.24, 2.45) is 0 Å². The predicted molar refractivity (Wildman–Crippen MR) is 87.5 cm³/mol. The minimum Gasteiger partial charge on any atom is -0.478 e. The molecule has 2 rings (SSSR count). The van der Waals surface area contributed by atoms with Crippen molar-refractivity contribution in [3.63, 3.8) is 0 Å². The van der Waals surface area contributed by atoms with E-state index in [1.165, 1.54) is 25.1 Å². The van der Waals surface area contributed by atoms with Crippen LogP contribution in [0.1, 0.15) is 18.9 Å². The summed E-state index contributed by atoms with van der Waals surface area (Å²) in [6.07, 6.45) is -0.132. The number of amides is 2. The Kier molecular flexibility index (Phi) is 6.31. The summed E-state index contributed by atoms with van der Waals surface area (Å²) in [5.74, 6) is -1.45. The van der Waals surface area contributed by atoms with Gasteiger partial charge in [0.25, 0.3) is 5.91 Å². The van der Waals surface area contributed by atoms with Crippen LogP contribution >= 0.6 is 0 Å². The van der Waals surface area contributed by atoms with Crippen molar-refractivity contribution in [1.29, 1.82) is 0 Å². The Bertz CT molecular complexity index is 692. The predicted octanol–water partition coefficient (Wildman–Crippen LogP) is 2.37. The molecule has 0 saturated carbocycles. The van der Waals surface area contributed by atoms with Gasteiger partial charge in [0.1, 0.15) is 0 Å². The third-order valence-corrected chi connectivity index (χ3v) is 3.32. The number of carbonyl (C=O) groups is 2. The van der Waals surface area contributed by atoms with E-state index < -0.39 is 17.8 Å². The molecule has 0 aliphatic carbocycles. The molecule has 24 heavy (non-hydrogen) atoms. The fourth-order valence-electron chi connectivity index (χ4n) is 1.98. The molecule has 0 radical (unpaired) electrons. The van der Waals surface area contributed by atoms with Crippen LogP contribution in [0.4, 0.5) is 4.39 Å². The molecule has 2 N–H and O–H groups in total. The maximum absolute atomic E-state index is 13.5. The number of ether oxygens (including phenoxy) is 1. The van der Waals surface area contributed by atoms with E-state index in [1.807, 2.05) is 30.3 Å². The molecule has 2 amide bonds. The molecule has 0 heterocycles. The van der Waals surface area contributed by atoms with Crippen LogP contribution in [0.5, 0.6) is 5.75 Å². The number of hydrogen-bond donors (Lipinski definition) is 2. The Morgan fingerprint density at radius 3 is 2.42 bits per heavy atom. The Morgan fingerprint density at radius 2 is 1.71 bits per heavy atom. The molecule has 2 aromatic carbocycles. The van der Waals surface area contributed by atoms with Crippen LogP contribution in [-0.2, 0) is 16.0 Å². The molecule has 0 aromatic heterocycles. The van der Waals surface area contributed by atoms with Gasteiger partial charge in [-0.3, -0.25) is 20.4 Å². The monoisotopic (exact) mass is 330 g/mol. The van der Waals surface area contributed by atoms with Gasteiger partial charge in [-0.2, -0.15) is 0 Å². The zero-order valence-corrected chi connectivity index (χ0v) is 13.3. The summed E-state index contributed by atoms with van der Waals surface area (Å²) in [7, 11) is 0. The Morgan fingerprint density at radius 1 is 1.04 bits per heavy atom. The van der Waals surface area contributed by atoms with Crippen LogP contribution in [0.15, 0.2) is 54.6 Å². The van der Waals surface area contributed by atoms with Crippen molar-refractivity contribution >= 4 is 11.8 Å². The Hall–Kier alpha value is -2.89. The lowest BCUT2D eigenvalue weighted by Crippen LogP contribution is -2.47. The van der Waals surface area contributed by atoms with Gasteiger partial charge in [0.15, 0.2) is 17.7 Å². The first kappa shape index (κ1) is 17.5. The van der Waals surface area contributed by atoms with Crippen LogP contribution < -0.4 is 15.6 Å². The van der Waals surface area contributed by atoms with E-state index in [1.54, 1.807) is 6.07 Å². The minimum atomic E-state index is -0.948. The summed E-state index contributed by atoms with van der Waals surface area (Å²) in [6, 6.07) is 15.4. The molecule has 0 aliphatic rings. The molecular formula is C18H19FN2O3. The highest BCUT2D eigenvalue weighted by Gasteiger charge is 2.16. The third-order valence-electron chi connectivity index (χ3n) is 3.32. The number of aryl methyl sites for hydroxylation is 1. The zero-order chi connectivity index (χ0) is 17.4. The average Bonchev–Trinajstić information content (AvgIpc) is 2.60. The van der Waals surface area contributed by atoms with Crippen molar-refractivity contribution in [3.05, 3.63) is 66.0 Å². The highest BCUT2D eigenvalue weighted by molar-refractivity contribution is 5.84. The largest absolute Gasteiger partial charge is 0.478 e. The van der Waals surface area contributed by atoms with Crippen LogP contribution in [0.3, 0.4) is 0 Å². The number of halogens is 1. The topological polar surface area (TPSA) is 67.4 Å². The number of benzene rings is 2. The van der Waals surface area contributed by atoms with Crippen LogP contribution in [-0.4, -0.2) is 17.9 Å². The first-order valence-corrected chi connectivity index (χ1v) is 7.60. The fourth-order valence-corrected chi connectivity index (χ4v) is 1.98. The molecular weight excluding hydrogens is 311 g/mol. The number of hydrogen-bond acceptors (Lipinski definition) is 3. The minimum absolute atomic E-state index is 0.0180. The van der Waals surface area contributed by atoms with E-state index in [0.29, 0.717) is 6.42 Å². The Balaban J connectivity index is 1.73. The van der Waals surface area contributed by atoms with Gasteiger partial charge in [-0.05, 0) is 31.0 Å². The highest BCUT2D eigenvalue weighted by atomic mass is 19.1. The van der Waals surface area contributed by atoms with E-state index in [4.69, 9.17) is 4.74 Å². The standard InChI is InChI=1S/C18H19FN2O3/c1-13(24-16-10-6-5-9-15(16)19)18(23)21-20-17(22)12-11-14-7-3-2-4-8-14/h2-10,13H,11-12H2,1H3,(H,20,22)(H,21,23)/t13-/m1/s1. The molecule has 0 unspecified atom stereocenters. The highest BCUT2D eigenvalue weighted by Crippen LogP contribution is 2.16. The van der Waals surface area contributed by atoms with Gasteiger partial charge in [0.2, 0.25) is 5.91 Å². The normalized spacial score (nSPS) is 11.4. The lowest BCUT2D eigenvalue weighted by atomic mass is 10.1. The maximum Gasteiger partial charge on any atom is 0.279 e. The lowest BCUT2D eigenvalue weighted by molar-refractivity contribution is -0.132. The van der Waals surface area contributed by atoms with Gasteiger partial charge in [0.05, 0.1) is 0 Å². The van der Waals surface area contributed by atoms with Crippen LogP contribution in [0, 0.1) is 5.82 Å². The van der Waals surface area contributed by atoms with Crippen molar-refractivity contribution in [2.45, 2.75) is 25.9 Å². The van der Waals surface area contributed by atoms with Crippen LogP contribution in [0.2, 0.25) is 0 Å². The molecule has 1 atom stereocenters.